The van der Waals surface area contributed by atoms with Gasteiger partial charge in [-0.25, -0.2) is 0 Å². The van der Waals surface area contributed by atoms with E-state index in [-0.39, 0.29) is 29.5 Å². The molecule has 1 aliphatic carbocycles. The van der Waals surface area contributed by atoms with Crippen LogP contribution in [-0.4, -0.2) is 42.8 Å². The van der Waals surface area contributed by atoms with Crippen LogP contribution in [0.3, 0.4) is 0 Å². The number of rotatable bonds is 3. The van der Waals surface area contributed by atoms with E-state index in [0.29, 0.717) is 18.5 Å². The van der Waals surface area contributed by atoms with E-state index in [2.05, 4.69) is 10.1 Å². The van der Waals surface area contributed by atoms with Gasteiger partial charge in [0.25, 0.3) is 0 Å². The van der Waals surface area contributed by atoms with Gasteiger partial charge in [0.2, 0.25) is 5.91 Å². The molecule has 0 radical (unpaired) electrons. The third-order valence-electron chi connectivity index (χ3n) is 4.44. The lowest BCUT2D eigenvalue weighted by Gasteiger charge is -2.34. The first-order chi connectivity index (χ1) is 10.9. The van der Waals surface area contributed by atoms with Gasteiger partial charge in [0.05, 0.1) is 0 Å². The molecule has 4 nitrogen and oxygen atoms in total. The van der Waals surface area contributed by atoms with Gasteiger partial charge in [-0.1, -0.05) is 18.2 Å². The molecular weight excluding hydrogens is 309 g/mol. The lowest BCUT2D eigenvalue weighted by atomic mass is 10.1. The SMILES string of the molecule is C[C@@H]1CNCCN1C(=O)[C@H]1C[C@H]1c1ccccc1OC(F)(F)F. The van der Waals surface area contributed by atoms with Crippen LogP contribution in [0.5, 0.6) is 5.75 Å². The molecule has 1 aliphatic heterocycles. The number of nitrogens with one attached hydrogen (secondary N) is 1. The minimum absolute atomic E-state index is 0.0332. The standard InChI is InChI=1S/C16H19F3N2O2/c1-10-9-20-6-7-21(10)15(22)13-8-12(13)11-4-2-3-5-14(11)23-16(17,18)19/h2-5,10,12-13,20H,6-9H2,1H3/t10-,12+,13+/m1/s1. The van der Waals surface area contributed by atoms with Crippen LogP contribution >= 0.6 is 0 Å². The van der Waals surface area contributed by atoms with Gasteiger partial charge in [-0.3, -0.25) is 4.79 Å². The Bertz CT molecular complexity index is 591. The number of nitrogens with zero attached hydrogens (tertiary/aromatic N) is 1. The summed E-state index contributed by atoms with van der Waals surface area (Å²) >= 11 is 0. The number of amides is 1. The summed E-state index contributed by atoms with van der Waals surface area (Å²) in [6.45, 7) is 4.12. The molecule has 1 saturated carbocycles. The van der Waals surface area contributed by atoms with Crippen molar-refractivity contribution in [3.63, 3.8) is 0 Å². The Kier molecular flexibility index (Phi) is 4.23. The highest BCUT2D eigenvalue weighted by Crippen LogP contribution is 2.51. The minimum Gasteiger partial charge on any atom is -0.405 e. The Balaban J connectivity index is 1.72. The zero-order valence-corrected chi connectivity index (χ0v) is 12.8. The van der Waals surface area contributed by atoms with Gasteiger partial charge in [0, 0.05) is 31.6 Å². The Morgan fingerprint density at radius 2 is 2.09 bits per heavy atom. The van der Waals surface area contributed by atoms with Crippen LogP contribution in [0, 0.1) is 5.92 Å². The average molecular weight is 328 g/mol. The Labute approximate surface area is 132 Å². The van der Waals surface area contributed by atoms with E-state index in [9.17, 15) is 18.0 Å². The molecule has 2 aliphatic rings. The van der Waals surface area contributed by atoms with Crippen molar-refractivity contribution in [1.82, 2.24) is 10.2 Å². The van der Waals surface area contributed by atoms with Gasteiger partial charge in [-0.05, 0) is 30.9 Å². The lowest BCUT2D eigenvalue weighted by Crippen LogP contribution is -2.52. The van der Waals surface area contributed by atoms with Gasteiger partial charge in [-0.15, -0.1) is 13.2 Å². The molecule has 126 valence electrons. The third-order valence-corrected chi connectivity index (χ3v) is 4.44. The number of hydrogen-bond acceptors (Lipinski definition) is 3. The summed E-state index contributed by atoms with van der Waals surface area (Å²) in [6.07, 6.45) is -4.15. The van der Waals surface area contributed by atoms with Crippen molar-refractivity contribution < 1.29 is 22.7 Å². The van der Waals surface area contributed by atoms with Crippen LogP contribution in [0.15, 0.2) is 24.3 Å². The second kappa shape index (κ2) is 6.03. The van der Waals surface area contributed by atoms with Crippen molar-refractivity contribution in [2.75, 3.05) is 19.6 Å². The maximum atomic E-state index is 12.6. The van der Waals surface area contributed by atoms with E-state index in [0.717, 1.165) is 13.1 Å². The van der Waals surface area contributed by atoms with Gasteiger partial charge in [0.15, 0.2) is 0 Å². The molecule has 1 saturated heterocycles. The number of alkyl halides is 3. The predicted octanol–water partition coefficient (Wildman–Crippen LogP) is 2.51. The summed E-state index contributed by atoms with van der Waals surface area (Å²) < 4.78 is 41.6. The molecule has 0 bridgehead atoms. The number of carbonyl (C=O) groups is 1. The second-order valence-electron chi connectivity index (χ2n) is 6.12. The number of benzene rings is 1. The summed E-state index contributed by atoms with van der Waals surface area (Å²) in [6, 6.07) is 6.20. The Morgan fingerprint density at radius 1 is 1.35 bits per heavy atom. The topological polar surface area (TPSA) is 41.6 Å². The molecule has 1 N–H and O–H groups in total. The van der Waals surface area contributed by atoms with Gasteiger partial charge < -0.3 is 15.0 Å². The number of para-hydroxylation sites is 1. The largest absolute Gasteiger partial charge is 0.573 e. The van der Waals surface area contributed by atoms with E-state index in [1.807, 2.05) is 11.8 Å². The molecule has 3 atom stereocenters. The average Bonchev–Trinajstić information content (AvgIpc) is 3.26. The van der Waals surface area contributed by atoms with Crippen molar-refractivity contribution in [1.29, 1.82) is 0 Å². The number of halogens is 3. The molecule has 1 aromatic rings. The molecule has 23 heavy (non-hydrogen) atoms. The van der Waals surface area contributed by atoms with E-state index in [1.165, 1.54) is 12.1 Å². The molecule has 0 aromatic heterocycles. The van der Waals surface area contributed by atoms with Crippen molar-refractivity contribution >= 4 is 5.91 Å². The summed E-state index contributed by atoms with van der Waals surface area (Å²) in [7, 11) is 0. The fraction of sp³-hybridized carbons (Fsp3) is 0.562. The van der Waals surface area contributed by atoms with E-state index in [4.69, 9.17) is 0 Å². The molecule has 2 fully saturated rings. The van der Waals surface area contributed by atoms with Crippen LogP contribution < -0.4 is 10.1 Å². The molecule has 1 heterocycles. The Hall–Kier alpha value is -1.76. The lowest BCUT2D eigenvalue weighted by molar-refractivity contribution is -0.274. The molecule has 0 spiro atoms. The fourth-order valence-electron chi connectivity index (χ4n) is 3.20. The summed E-state index contributed by atoms with van der Waals surface area (Å²) in [5.74, 6) is -0.601. The first kappa shape index (κ1) is 16.1. The van der Waals surface area contributed by atoms with Crippen LogP contribution in [0.4, 0.5) is 13.2 Å². The van der Waals surface area contributed by atoms with Gasteiger partial charge >= 0.3 is 6.36 Å². The molecule has 3 rings (SSSR count). The van der Waals surface area contributed by atoms with Crippen LogP contribution in [0.25, 0.3) is 0 Å². The van der Waals surface area contributed by atoms with Crippen molar-refractivity contribution in [2.45, 2.75) is 31.7 Å². The molecule has 0 unspecified atom stereocenters. The monoisotopic (exact) mass is 328 g/mol. The van der Waals surface area contributed by atoms with Crippen LogP contribution in [-0.2, 0) is 4.79 Å². The molecular formula is C16H19F3N2O2. The van der Waals surface area contributed by atoms with Crippen molar-refractivity contribution in [2.24, 2.45) is 5.92 Å². The molecule has 7 heteroatoms. The summed E-state index contributed by atoms with van der Waals surface area (Å²) in [5, 5.41) is 3.22. The zero-order valence-electron chi connectivity index (χ0n) is 12.8. The number of hydrogen-bond donors (Lipinski definition) is 1. The zero-order chi connectivity index (χ0) is 16.6. The highest BCUT2D eigenvalue weighted by molar-refractivity contribution is 5.83. The second-order valence-corrected chi connectivity index (χ2v) is 6.12. The number of piperazine rings is 1. The quantitative estimate of drug-likeness (QED) is 0.927. The minimum atomic E-state index is -4.72. The van der Waals surface area contributed by atoms with Crippen LogP contribution in [0.1, 0.15) is 24.8 Å². The maximum Gasteiger partial charge on any atom is 0.573 e. The summed E-state index contributed by atoms with van der Waals surface area (Å²) in [5.41, 5.74) is 0.464. The molecule has 1 aromatic carbocycles. The number of carbonyl (C=O) groups excluding carboxylic acids is 1. The Morgan fingerprint density at radius 3 is 2.78 bits per heavy atom. The van der Waals surface area contributed by atoms with E-state index < -0.39 is 6.36 Å². The normalized spacial score (nSPS) is 27.7. The van der Waals surface area contributed by atoms with E-state index >= 15 is 0 Å². The smallest absolute Gasteiger partial charge is 0.405 e. The first-order valence-electron chi connectivity index (χ1n) is 7.72. The van der Waals surface area contributed by atoms with Crippen LogP contribution in [0.2, 0.25) is 0 Å². The maximum absolute atomic E-state index is 12.6. The fourth-order valence-corrected chi connectivity index (χ4v) is 3.20. The highest BCUT2D eigenvalue weighted by atomic mass is 19.4. The molecule has 1 amide bonds. The number of ether oxygens (including phenoxy) is 1. The van der Waals surface area contributed by atoms with Gasteiger partial charge in [-0.2, -0.15) is 0 Å². The highest BCUT2D eigenvalue weighted by Gasteiger charge is 2.48. The van der Waals surface area contributed by atoms with Gasteiger partial charge in [0.1, 0.15) is 5.75 Å². The van der Waals surface area contributed by atoms with Crippen molar-refractivity contribution in [3.05, 3.63) is 29.8 Å². The van der Waals surface area contributed by atoms with Crippen molar-refractivity contribution in [3.8, 4) is 5.75 Å². The summed E-state index contributed by atoms with van der Waals surface area (Å²) in [4.78, 5) is 14.4. The first-order valence-corrected chi connectivity index (χ1v) is 7.72. The third kappa shape index (κ3) is 3.60. The van der Waals surface area contributed by atoms with E-state index in [1.54, 1.807) is 12.1 Å². The predicted molar refractivity (Wildman–Crippen MR) is 78.0 cm³/mol.